The van der Waals surface area contributed by atoms with Crippen LogP contribution in [0.4, 0.5) is 16.2 Å². The summed E-state index contributed by atoms with van der Waals surface area (Å²) in [5.41, 5.74) is 3.96. The van der Waals surface area contributed by atoms with Gasteiger partial charge in [-0.1, -0.05) is 23.7 Å². The maximum atomic E-state index is 12.8. The summed E-state index contributed by atoms with van der Waals surface area (Å²) in [4.78, 5) is 28.9. The van der Waals surface area contributed by atoms with Gasteiger partial charge >= 0.3 is 6.03 Å². The molecule has 2 heterocycles. The van der Waals surface area contributed by atoms with Crippen molar-refractivity contribution >= 4 is 46.7 Å². The van der Waals surface area contributed by atoms with Crippen LogP contribution in [0.2, 0.25) is 5.02 Å². The van der Waals surface area contributed by atoms with Crippen LogP contribution in [0, 0.1) is 13.8 Å². The standard InChI is InChI=1S/C22H24ClN3O2S/c1-15-4-3-5-19(16(15)2)24-21(28)25-12-10-22(11-13-25)26(20(27)14-29-22)18-8-6-17(23)7-9-18/h3-9H,10-14H2,1-2H3,(H,24,28). The summed E-state index contributed by atoms with van der Waals surface area (Å²) in [6.45, 7) is 5.28. The molecule has 5 nitrogen and oxygen atoms in total. The van der Waals surface area contributed by atoms with Crippen LogP contribution in [0.1, 0.15) is 24.0 Å². The van der Waals surface area contributed by atoms with Gasteiger partial charge < -0.3 is 10.2 Å². The Morgan fingerprint density at radius 3 is 2.48 bits per heavy atom. The molecule has 0 atom stereocenters. The van der Waals surface area contributed by atoms with E-state index in [0.29, 0.717) is 23.9 Å². The number of carbonyl (C=O) groups is 2. The Morgan fingerprint density at radius 1 is 1.10 bits per heavy atom. The van der Waals surface area contributed by atoms with E-state index in [9.17, 15) is 9.59 Å². The first-order valence-corrected chi connectivity index (χ1v) is 11.1. The SMILES string of the molecule is Cc1cccc(NC(=O)N2CCC3(CC2)SCC(=O)N3c2ccc(Cl)cc2)c1C. The number of benzene rings is 2. The molecule has 0 radical (unpaired) electrons. The highest BCUT2D eigenvalue weighted by Crippen LogP contribution is 2.47. The fourth-order valence-electron chi connectivity index (χ4n) is 4.03. The zero-order valence-electron chi connectivity index (χ0n) is 16.6. The molecule has 7 heteroatoms. The Kier molecular flexibility index (Phi) is 5.49. The lowest BCUT2D eigenvalue weighted by molar-refractivity contribution is -0.116. The molecule has 2 aliphatic heterocycles. The van der Waals surface area contributed by atoms with Crippen molar-refractivity contribution in [3.8, 4) is 0 Å². The largest absolute Gasteiger partial charge is 0.324 e. The first kappa shape index (κ1) is 20.1. The number of aryl methyl sites for hydroxylation is 1. The molecule has 0 bridgehead atoms. The summed E-state index contributed by atoms with van der Waals surface area (Å²) in [6.07, 6.45) is 1.48. The van der Waals surface area contributed by atoms with Gasteiger partial charge in [0.05, 0.1) is 10.6 Å². The minimum atomic E-state index is -0.291. The van der Waals surface area contributed by atoms with Crippen molar-refractivity contribution in [1.82, 2.24) is 4.90 Å². The number of urea groups is 1. The van der Waals surface area contributed by atoms with Crippen molar-refractivity contribution in [2.24, 2.45) is 0 Å². The summed E-state index contributed by atoms with van der Waals surface area (Å²) in [5.74, 6) is 0.586. The lowest BCUT2D eigenvalue weighted by Gasteiger charge is -2.44. The highest BCUT2D eigenvalue weighted by molar-refractivity contribution is 8.02. The van der Waals surface area contributed by atoms with Crippen LogP contribution in [0.25, 0.3) is 0 Å². The molecule has 0 saturated carbocycles. The molecule has 2 saturated heterocycles. The molecule has 1 N–H and O–H groups in total. The monoisotopic (exact) mass is 429 g/mol. The first-order valence-electron chi connectivity index (χ1n) is 9.74. The van der Waals surface area contributed by atoms with Crippen molar-refractivity contribution in [3.63, 3.8) is 0 Å². The number of thioether (sulfide) groups is 1. The van der Waals surface area contributed by atoms with E-state index >= 15 is 0 Å². The van der Waals surface area contributed by atoms with Gasteiger partial charge in [-0.3, -0.25) is 9.69 Å². The van der Waals surface area contributed by atoms with Gasteiger partial charge in [0.15, 0.2) is 0 Å². The van der Waals surface area contributed by atoms with Crippen molar-refractivity contribution in [2.75, 3.05) is 29.1 Å². The van der Waals surface area contributed by atoms with E-state index in [0.717, 1.165) is 35.3 Å². The highest BCUT2D eigenvalue weighted by Gasteiger charge is 2.49. The fraction of sp³-hybridized carbons (Fsp3) is 0.364. The topological polar surface area (TPSA) is 52.7 Å². The number of anilines is 2. The third-order valence-electron chi connectivity index (χ3n) is 5.88. The van der Waals surface area contributed by atoms with E-state index in [1.54, 1.807) is 11.8 Å². The summed E-state index contributed by atoms with van der Waals surface area (Å²) in [7, 11) is 0. The van der Waals surface area contributed by atoms with Crippen LogP contribution in [0.3, 0.4) is 0 Å². The third kappa shape index (κ3) is 3.83. The minimum Gasteiger partial charge on any atom is -0.324 e. The molecule has 0 unspecified atom stereocenters. The molecular formula is C22H24ClN3O2S. The molecule has 152 valence electrons. The van der Waals surface area contributed by atoms with E-state index in [-0.39, 0.29) is 16.8 Å². The van der Waals surface area contributed by atoms with E-state index < -0.39 is 0 Å². The van der Waals surface area contributed by atoms with E-state index in [1.165, 1.54) is 0 Å². The van der Waals surface area contributed by atoms with Crippen LogP contribution < -0.4 is 10.2 Å². The molecule has 1 spiro atoms. The maximum absolute atomic E-state index is 12.8. The molecule has 2 aromatic carbocycles. The number of nitrogens with zero attached hydrogens (tertiary/aromatic N) is 2. The number of rotatable bonds is 2. The second kappa shape index (κ2) is 7.92. The Morgan fingerprint density at radius 2 is 1.79 bits per heavy atom. The molecule has 4 rings (SSSR count). The van der Waals surface area contributed by atoms with Crippen molar-refractivity contribution in [2.45, 2.75) is 31.6 Å². The highest BCUT2D eigenvalue weighted by atomic mass is 35.5. The number of carbonyl (C=O) groups excluding carboxylic acids is 2. The Balaban J connectivity index is 1.46. The molecule has 0 aliphatic carbocycles. The Labute approximate surface area is 180 Å². The van der Waals surface area contributed by atoms with Crippen LogP contribution in [-0.4, -0.2) is 40.6 Å². The zero-order chi connectivity index (χ0) is 20.6. The van der Waals surface area contributed by atoms with Crippen LogP contribution >= 0.6 is 23.4 Å². The minimum absolute atomic E-state index is 0.0825. The van der Waals surface area contributed by atoms with Gasteiger partial charge in [-0.25, -0.2) is 4.79 Å². The number of piperidine rings is 1. The van der Waals surface area contributed by atoms with Crippen molar-refractivity contribution in [1.29, 1.82) is 0 Å². The lowest BCUT2D eigenvalue weighted by Crippen LogP contribution is -2.53. The molecule has 2 aliphatic rings. The summed E-state index contributed by atoms with van der Waals surface area (Å²) < 4.78 is 0. The summed E-state index contributed by atoms with van der Waals surface area (Å²) >= 11 is 7.70. The normalized spacial score (nSPS) is 18.4. The number of likely N-dealkylation sites (tertiary alicyclic amines) is 1. The Bertz CT molecular complexity index is 940. The van der Waals surface area contributed by atoms with Gasteiger partial charge in [-0.2, -0.15) is 0 Å². The van der Waals surface area contributed by atoms with Crippen molar-refractivity contribution < 1.29 is 9.59 Å². The Hall–Kier alpha value is -2.18. The quantitative estimate of drug-likeness (QED) is 0.725. The van der Waals surface area contributed by atoms with Crippen LogP contribution in [-0.2, 0) is 4.79 Å². The van der Waals surface area contributed by atoms with Gasteiger partial charge in [0.1, 0.15) is 0 Å². The summed E-state index contributed by atoms with van der Waals surface area (Å²) in [6, 6.07) is 13.3. The number of halogens is 1. The molecule has 29 heavy (non-hydrogen) atoms. The van der Waals surface area contributed by atoms with Gasteiger partial charge in [0.25, 0.3) is 0 Å². The van der Waals surface area contributed by atoms with E-state index in [4.69, 9.17) is 11.6 Å². The van der Waals surface area contributed by atoms with E-state index in [1.807, 2.05) is 66.1 Å². The zero-order valence-corrected chi connectivity index (χ0v) is 18.1. The molecular weight excluding hydrogens is 406 g/mol. The average molecular weight is 430 g/mol. The second-order valence-corrected chi connectivity index (χ2v) is 9.38. The number of amides is 3. The fourth-order valence-corrected chi connectivity index (χ4v) is 5.48. The number of nitrogens with one attached hydrogen (secondary N) is 1. The second-order valence-electron chi connectivity index (χ2n) is 7.61. The number of hydrogen-bond acceptors (Lipinski definition) is 3. The summed E-state index contributed by atoms with van der Waals surface area (Å²) in [5, 5.41) is 3.70. The van der Waals surface area contributed by atoms with Crippen molar-refractivity contribution in [3.05, 3.63) is 58.6 Å². The van der Waals surface area contributed by atoms with E-state index in [2.05, 4.69) is 5.32 Å². The third-order valence-corrected chi connectivity index (χ3v) is 7.66. The van der Waals surface area contributed by atoms with Gasteiger partial charge in [-0.15, -0.1) is 11.8 Å². The smallest absolute Gasteiger partial charge is 0.321 e. The molecule has 2 aromatic rings. The molecule has 2 fully saturated rings. The van der Waals surface area contributed by atoms with Gasteiger partial charge in [-0.05, 0) is 68.1 Å². The van der Waals surface area contributed by atoms with Crippen LogP contribution in [0.5, 0.6) is 0 Å². The number of hydrogen-bond donors (Lipinski definition) is 1. The maximum Gasteiger partial charge on any atom is 0.321 e. The average Bonchev–Trinajstić information content (AvgIpc) is 3.02. The van der Waals surface area contributed by atoms with Gasteiger partial charge in [0.2, 0.25) is 5.91 Å². The lowest BCUT2D eigenvalue weighted by atomic mass is 10.0. The first-order chi connectivity index (χ1) is 13.9. The van der Waals surface area contributed by atoms with Crippen LogP contribution in [0.15, 0.2) is 42.5 Å². The predicted molar refractivity (Wildman–Crippen MR) is 120 cm³/mol. The predicted octanol–water partition coefficient (Wildman–Crippen LogP) is 5.06. The molecule has 3 amide bonds. The van der Waals surface area contributed by atoms with Gasteiger partial charge in [0, 0.05) is 29.5 Å². The molecule has 0 aromatic heterocycles.